The summed E-state index contributed by atoms with van der Waals surface area (Å²) in [7, 11) is 0. The molecule has 0 aliphatic heterocycles. The van der Waals surface area contributed by atoms with Gasteiger partial charge in [0.05, 0.1) is 12.1 Å². The van der Waals surface area contributed by atoms with E-state index in [1.165, 1.54) is 11.3 Å². The molecule has 2 N–H and O–H groups in total. The number of benzene rings is 1. The van der Waals surface area contributed by atoms with Crippen LogP contribution in [0, 0.1) is 0 Å². The van der Waals surface area contributed by atoms with Crippen LogP contribution in [0.5, 0.6) is 0 Å². The average molecular weight is 374 g/mol. The number of hydrogen-bond acceptors (Lipinski definition) is 5. The van der Waals surface area contributed by atoms with Crippen LogP contribution in [-0.4, -0.2) is 24.5 Å². The summed E-state index contributed by atoms with van der Waals surface area (Å²) in [6.45, 7) is 1.95. The van der Waals surface area contributed by atoms with Crippen LogP contribution < -0.4 is 10.6 Å². The van der Waals surface area contributed by atoms with Crippen molar-refractivity contribution < 1.29 is 19.1 Å². The van der Waals surface area contributed by atoms with Crippen LogP contribution in [-0.2, 0) is 22.5 Å². The van der Waals surface area contributed by atoms with E-state index in [-0.39, 0.29) is 0 Å². The molecule has 1 aromatic heterocycles. The van der Waals surface area contributed by atoms with Crippen LogP contribution in [0.4, 0.5) is 4.79 Å². The van der Waals surface area contributed by atoms with Crippen LogP contribution >= 0.6 is 11.3 Å². The normalized spacial score (nSPS) is 10.2. The average Bonchev–Trinajstić information content (AvgIpc) is 3.17. The number of esters is 1. The molecular weight excluding hydrogens is 352 g/mol. The fourth-order valence-corrected chi connectivity index (χ4v) is 2.83. The molecule has 0 radical (unpaired) electrons. The Labute approximate surface area is 156 Å². The van der Waals surface area contributed by atoms with E-state index in [0.717, 1.165) is 29.7 Å². The summed E-state index contributed by atoms with van der Waals surface area (Å²) in [6.07, 6.45) is 3.17. The first-order valence-corrected chi connectivity index (χ1v) is 9.32. The summed E-state index contributed by atoms with van der Waals surface area (Å²) in [5.74, 6) is -1.28. The lowest BCUT2D eigenvalue weighted by atomic mass is 10.1. The van der Waals surface area contributed by atoms with Gasteiger partial charge >= 0.3 is 12.0 Å². The third-order valence-electron chi connectivity index (χ3n) is 3.60. The highest BCUT2D eigenvalue weighted by Crippen LogP contribution is 2.09. The summed E-state index contributed by atoms with van der Waals surface area (Å²) < 4.78 is 4.93. The van der Waals surface area contributed by atoms with Crippen molar-refractivity contribution in [3.05, 3.63) is 57.8 Å². The molecule has 3 amide bonds. The van der Waals surface area contributed by atoms with Gasteiger partial charge in [-0.3, -0.25) is 10.1 Å². The lowest BCUT2D eigenvalue weighted by Gasteiger charge is -2.07. The molecule has 0 bridgehead atoms. The Balaban J connectivity index is 1.70. The Morgan fingerprint density at radius 2 is 1.88 bits per heavy atom. The SMILES string of the molecule is CCCCc1ccc(C(=O)OCC(=O)NC(=O)NCc2cccs2)cc1. The molecule has 0 atom stereocenters. The lowest BCUT2D eigenvalue weighted by molar-refractivity contribution is -0.123. The molecule has 2 aromatic rings. The molecule has 138 valence electrons. The summed E-state index contributed by atoms with van der Waals surface area (Å²) >= 11 is 1.50. The topological polar surface area (TPSA) is 84.5 Å². The van der Waals surface area contributed by atoms with E-state index < -0.39 is 24.5 Å². The smallest absolute Gasteiger partial charge is 0.338 e. The lowest BCUT2D eigenvalue weighted by Crippen LogP contribution is -2.41. The Bertz CT molecular complexity index is 727. The van der Waals surface area contributed by atoms with E-state index in [4.69, 9.17) is 4.74 Å². The van der Waals surface area contributed by atoms with Crippen molar-refractivity contribution in [1.29, 1.82) is 0 Å². The van der Waals surface area contributed by atoms with Crippen molar-refractivity contribution in [3.8, 4) is 0 Å². The van der Waals surface area contributed by atoms with Crippen molar-refractivity contribution in [2.24, 2.45) is 0 Å². The Hall–Kier alpha value is -2.67. The largest absolute Gasteiger partial charge is 0.452 e. The van der Waals surface area contributed by atoms with Gasteiger partial charge in [0.2, 0.25) is 0 Å². The molecule has 0 unspecified atom stereocenters. The predicted octanol–water partition coefficient (Wildman–Crippen LogP) is 3.27. The van der Waals surface area contributed by atoms with Gasteiger partial charge in [0.15, 0.2) is 6.61 Å². The number of amides is 3. The van der Waals surface area contributed by atoms with Gasteiger partial charge < -0.3 is 10.1 Å². The highest BCUT2D eigenvalue weighted by atomic mass is 32.1. The molecule has 0 spiro atoms. The molecule has 7 heteroatoms. The maximum Gasteiger partial charge on any atom is 0.338 e. The zero-order chi connectivity index (χ0) is 18.8. The summed E-state index contributed by atoms with van der Waals surface area (Å²) in [5.41, 5.74) is 1.53. The maximum atomic E-state index is 11.9. The van der Waals surface area contributed by atoms with Crippen molar-refractivity contribution >= 4 is 29.2 Å². The van der Waals surface area contributed by atoms with E-state index >= 15 is 0 Å². The number of unbranched alkanes of at least 4 members (excludes halogenated alkanes) is 1. The molecular formula is C19H22N2O4S. The van der Waals surface area contributed by atoms with Crippen LogP contribution in [0.15, 0.2) is 41.8 Å². The number of carbonyl (C=O) groups excluding carboxylic acids is 3. The standard InChI is InChI=1S/C19H22N2O4S/c1-2-3-5-14-7-9-15(10-8-14)18(23)25-13-17(22)21-19(24)20-12-16-6-4-11-26-16/h4,6-11H,2-3,5,12-13H2,1H3,(H2,20,21,22,24). The van der Waals surface area contributed by atoms with Crippen LogP contribution in [0.1, 0.15) is 40.6 Å². The van der Waals surface area contributed by atoms with Crippen LogP contribution in [0.3, 0.4) is 0 Å². The quantitative estimate of drug-likeness (QED) is 0.695. The van der Waals surface area contributed by atoms with E-state index in [1.54, 1.807) is 12.1 Å². The van der Waals surface area contributed by atoms with Gasteiger partial charge in [-0.1, -0.05) is 31.5 Å². The second-order valence-electron chi connectivity index (χ2n) is 5.69. The Kier molecular flexibility index (Phi) is 7.82. The molecule has 0 fully saturated rings. The molecule has 0 saturated heterocycles. The van der Waals surface area contributed by atoms with Gasteiger partial charge in [-0.2, -0.15) is 0 Å². The van der Waals surface area contributed by atoms with E-state index in [0.29, 0.717) is 12.1 Å². The summed E-state index contributed by atoms with van der Waals surface area (Å²) in [5, 5.41) is 6.58. The highest BCUT2D eigenvalue weighted by molar-refractivity contribution is 7.09. The molecule has 0 aliphatic rings. The molecule has 6 nitrogen and oxygen atoms in total. The molecule has 2 rings (SSSR count). The third kappa shape index (κ3) is 6.68. The van der Waals surface area contributed by atoms with Crippen molar-refractivity contribution in [3.63, 3.8) is 0 Å². The fourth-order valence-electron chi connectivity index (χ4n) is 2.19. The number of rotatable bonds is 8. The number of urea groups is 1. The Morgan fingerprint density at radius 1 is 1.12 bits per heavy atom. The molecule has 26 heavy (non-hydrogen) atoms. The minimum absolute atomic E-state index is 0.334. The number of carbonyl (C=O) groups is 3. The Morgan fingerprint density at radius 3 is 2.54 bits per heavy atom. The zero-order valence-corrected chi connectivity index (χ0v) is 15.4. The third-order valence-corrected chi connectivity index (χ3v) is 4.48. The number of nitrogens with one attached hydrogen (secondary N) is 2. The molecule has 1 heterocycles. The van der Waals surface area contributed by atoms with Gasteiger partial charge in [-0.15, -0.1) is 11.3 Å². The number of hydrogen-bond donors (Lipinski definition) is 2. The minimum atomic E-state index is -0.679. The van der Waals surface area contributed by atoms with Crippen molar-refractivity contribution in [2.45, 2.75) is 32.7 Å². The first-order chi connectivity index (χ1) is 12.6. The van der Waals surface area contributed by atoms with Crippen molar-refractivity contribution in [2.75, 3.05) is 6.61 Å². The highest BCUT2D eigenvalue weighted by Gasteiger charge is 2.12. The number of aryl methyl sites for hydroxylation is 1. The van der Waals surface area contributed by atoms with Crippen LogP contribution in [0.2, 0.25) is 0 Å². The van der Waals surface area contributed by atoms with Gasteiger partial charge in [0.25, 0.3) is 5.91 Å². The van der Waals surface area contributed by atoms with Crippen molar-refractivity contribution in [1.82, 2.24) is 10.6 Å². The van der Waals surface area contributed by atoms with Gasteiger partial charge in [0, 0.05) is 4.88 Å². The van der Waals surface area contributed by atoms with E-state index in [1.807, 2.05) is 29.6 Å². The minimum Gasteiger partial charge on any atom is -0.452 e. The van der Waals surface area contributed by atoms with E-state index in [9.17, 15) is 14.4 Å². The van der Waals surface area contributed by atoms with Gasteiger partial charge in [-0.25, -0.2) is 9.59 Å². The number of imide groups is 1. The number of thiophene rings is 1. The van der Waals surface area contributed by atoms with Crippen LogP contribution in [0.25, 0.3) is 0 Å². The fraction of sp³-hybridized carbons (Fsp3) is 0.316. The van der Waals surface area contributed by atoms with Gasteiger partial charge in [0.1, 0.15) is 0 Å². The first kappa shape index (κ1) is 19.7. The monoisotopic (exact) mass is 374 g/mol. The molecule has 0 aliphatic carbocycles. The van der Waals surface area contributed by atoms with Gasteiger partial charge in [-0.05, 0) is 42.0 Å². The predicted molar refractivity (Wildman–Crippen MR) is 100 cm³/mol. The maximum absolute atomic E-state index is 11.9. The summed E-state index contributed by atoms with van der Waals surface area (Å²) in [6, 6.07) is 10.2. The molecule has 1 aromatic carbocycles. The second kappa shape index (κ2) is 10.4. The summed E-state index contributed by atoms with van der Waals surface area (Å²) in [4.78, 5) is 36.2. The molecule has 0 saturated carbocycles. The number of ether oxygens (including phenoxy) is 1. The first-order valence-electron chi connectivity index (χ1n) is 8.44. The van der Waals surface area contributed by atoms with E-state index in [2.05, 4.69) is 17.6 Å². The second-order valence-corrected chi connectivity index (χ2v) is 6.72. The zero-order valence-electron chi connectivity index (χ0n) is 14.6.